The summed E-state index contributed by atoms with van der Waals surface area (Å²) in [5.74, 6) is 1.34. The van der Waals surface area contributed by atoms with Crippen LogP contribution in [-0.2, 0) is 6.61 Å². The Kier molecular flexibility index (Phi) is 4.82. The van der Waals surface area contributed by atoms with Crippen LogP contribution in [0.4, 0.5) is 0 Å². The average molecular weight is 284 g/mol. The van der Waals surface area contributed by atoms with Crippen molar-refractivity contribution < 1.29 is 9.94 Å². The lowest BCUT2D eigenvalue weighted by Crippen LogP contribution is -2.16. The van der Waals surface area contributed by atoms with Crippen LogP contribution < -0.4 is 10.5 Å². The van der Waals surface area contributed by atoms with Gasteiger partial charge in [-0.25, -0.2) is 0 Å². The fraction of sp³-hybridized carbons (Fsp3) is 0.235. The Morgan fingerprint density at radius 1 is 1.14 bits per heavy atom. The van der Waals surface area contributed by atoms with Gasteiger partial charge in [-0.15, -0.1) is 0 Å². The Hall–Kier alpha value is -2.49. The van der Waals surface area contributed by atoms with Gasteiger partial charge >= 0.3 is 0 Å². The topological polar surface area (TPSA) is 67.8 Å². The molecule has 0 amide bonds. The molecule has 110 valence electrons. The van der Waals surface area contributed by atoms with Gasteiger partial charge in [0.1, 0.15) is 12.4 Å². The minimum atomic E-state index is 0.0892. The minimum Gasteiger partial charge on any atom is -0.489 e. The summed E-state index contributed by atoms with van der Waals surface area (Å²) < 4.78 is 5.93. The summed E-state index contributed by atoms with van der Waals surface area (Å²) in [4.78, 5) is 0. The number of rotatable bonds is 5. The van der Waals surface area contributed by atoms with E-state index in [2.05, 4.69) is 25.1 Å². The van der Waals surface area contributed by atoms with Crippen molar-refractivity contribution in [3.05, 3.63) is 65.2 Å². The molecule has 3 N–H and O–H groups in total. The molecule has 0 spiro atoms. The first-order chi connectivity index (χ1) is 10.1. The smallest absolute Gasteiger partial charge is 0.170 e. The molecule has 0 heterocycles. The molecule has 0 aliphatic heterocycles. The summed E-state index contributed by atoms with van der Waals surface area (Å²) in [5, 5.41) is 11.9. The second kappa shape index (κ2) is 6.79. The lowest BCUT2D eigenvalue weighted by molar-refractivity contribution is 0.301. The SMILES string of the molecule is CC(C)c1ccccc1OCc1ccccc1/C(N)=N/O. The maximum atomic E-state index is 8.84. The summed E-state index contributed by atoms with van der Waals surface area (Å²) >= 11 is 0. The fourth-order valence-corrected chi connectivity index (χ4v) is 2.19. The van der Waals surface area contributed by atoms with Crippen LogP contribution in [0.1, 0.15) is 36.5 Å². The zero-order chi connectivity index (χ0) is 15.2. The Labute approximate surface area is 124 Å². The molecule has 0 aliphatic carbocycles. The number of nitrogens with two attached hydrogens (primary N) is 1. The molecule has 0 unspecified atom stereocenters. The Bertz CT molecular complexity index is 636. The second-order valence-corrected chi connectivity index (χ2v) is 5.12. The lowest BCUT2D eigenvalue weighted by atomic mass is 10.0. The van der Waals surface area contributed by atoms with Crippen LogP contribution in [-0.4, -0.2) is 11.0 Å². The zero-order valence-corrected chi connectivity index (χ0v) is 12.3. The van der Waals surface area contributed by atoms with Crippen molar-refractivity contribution in [3.63, 3.8) is 0 Å². The highest BCUT2D eigenvalue weighted by molar-refractivity contribution is 5.98. The molecule has 21 heavy (non-hydrogen) atoms. The highest BCUT2D eigenvalue weighted by Gasteiger charge is 2.10. The molecule has 0 bridgehead atoms. The number of oxime groups is 1. The third kappa shape index (κ3) is 3.54. The minimum absolute atomic E-state index is 0.0892. The molecule has 2 rings (SSSR count). The quantitative estimate of drug-likeness (QED) is 0.382. The van der Waals surface area contributed by atoms with Gasteiger partial charge in [-0.05, 0) is 17.5 Å². The van der Waals surface area contributed by atoms with Crippen LogP contribution in [0.15, 0.2) is 53.7 Å². The first-order valence-corrected chi connectivity index (χ1v) is 6.91. The van der Waals surface area contributed by atoms with Gasteiger partial charge in [-0.1, -0.05) is 61.5 Å². The number of benzene rings is 2. The average Bonchev–Trinajstić information content (AvgIpc) is 2.52. The molecule has 4 nitrogen and oxygen atoms in total. The van der Waals surface area contributed by atoms with Crippen LogP contribution in [0.2, 0.25) is 0 Å². The van der Waals surface area contributed by atoms with Crippen molar-refractivity contribution in [3.8, 4) is 5.75 Å². The van der Waals surface area contributed by atoms with Crippen molar-refractivity contribution in [2.45, 2.75) is 26.4 Å². The third-order valence-corrected chi connectivity index (χ3v) is 3.33. The third-order valence-electron chi connectivity index (χ3n) is 3.33. The van der Waals surface area contributed by atoms with E-state index in [4.69, 9.17) is 15.7 Å². The lowest BCUT2D eigenvalue weighted by Gasteiger charge is -2.15. The van der Waals surface area contributed by atoms with E-state index in [0.29, 0.717) is 18.1 Å². The summed E-state index contributed by atoms with van der Waals surface area (Å²) in [6.07, 6.45) is 0. The molecule has 0 fully saturated rings. The number of amidine groups is 1. The first kappa shape index (κ1) is 14.9. The van der Waals surface area contributed by atoms with Crippen molar-refractivity contribution in [2.24, 2.45) is 10.9 Å². The molecule has 0 aliphatic rings. The van der Waals surface area contributed by atoms with Gasteiger partial charge in [-0.2, -0.15) is 0 Å². The summed E-state index contributed by atoms with van der Waals surface area (Å²) in [6.45, 7) is 4.63. The number of ether oxygens (including phenoxy) is 1. The predicted octanol–water partition coefficient (Wildman–Crippen LogP) is 3.48. The van der Waals surface area contributed by atoms with Crippen LogP contribution >= 0.6 is 0 Å². The van der Waals surface area contributed by atoms with E-state index in [0.717, 1.165) is 11.3 Å². The molecule has 0 saturated heterocycles. The molecular weight excluding hydrogens is 264 g/mol. The van der Waals surface area contributed by atoms with Gasteiger partial charge < -0.3 is 15.7 Å². The first-order valence-electron chi connectivity index (χ1n) is 6.91. The molecular formula is C17H20N2O2. The summed E-state index contributed by atoms with van der Waals surface area (Å²) in [5.41, 5.74) is 8.42. The standard InChI is InChI=1S/C17H20N2O2/c1-12(2)14-8-5-6-10-16(14)21-11-13-7-3-4-9-15(13)17(18)19-20/h3-10,12,20H,11H2,1-2H3,(H2,18,19). The maximum Gasteiger partial charge on any atom is 0.170 e. The largest absolute Gasteiger partial charge is 0.489 e. The molecule has 2 aromatic rings. The van der Waals surface area contributed by atoms with Gasteiger partial charge in [0, 0.05) is 11.1 Å². The fourth-order valence-electron chi connectivity index (χ4n) is 2.19. The van der Waals surface area contributed by atoms with Crippen molar-refractivity contribution >= 4 is 5.84 Å². The van der Waals surface area contributed by atoms with Gasteiger partial charge in [0.2, 0.25) is 0 Å². The van der Waals surface area contributed by atoms with Crippen molar-refractivity contribution in [2.75, 3.05) is 0 Å². The zero-order valence-electron chi connectivity index (χ0n) is 12.3. The molecule has 0 atom stereocenters. The second-order valence-electron chi connectivity index (χ2n) is 5.12. The van der Waals surface area contributed by atoms with E-state index >= 15 is 0 Å². The number of para-hydroxylation sites is 1. The molecule has 2 aromatic carbocycles. The Balaban J connectivity index is 2.22. The number of nitrogens with zero attached hydrogens (tertiary/aromatic N) is 1. The van der Waals surface area contributed by atoms with E-state index in [1.165, 1.54) is 5.56 Å². The monoisotopic (exact) mass is 284 g/mol. The summed E-state index contributed by atoms with van der Waals surface area (Å²) in [6, 6.07) is 15.5. The summed E-state index contributed by atoms with van der Waals surface area (Å²) in [7, 11) is 0. The molecule has 0 saturated carbocycles. The maximum absolute atomic E-state index is 8.84. The molecule has 4 heteroatoms. The van der Waals surface area contributed by atoms with E-state index in [9.17, 15) is 0 Å². The van der Waals surface area contributed by atoms with Crippen LogP contribution in [0.5, 0.6) is 5.75 Å². The van der Waals surface area contributed by atoms with Gasteiger partial charge in [0.05, 0.1) is 0 Å². The van der Waals surface area contributed by atoms with Crippen LogP contribution in [0, 0.1) is 0 Å². The number of hydrogen-bond donors (Lipinski definition) is 2. The van der Waals surface area contributed by atoms with Crippen molar-refractivity contribution in [1.29, 1.82) is 0 Å². The van der Waals surface area contributed by atoms with Crippen LogP contribution in [0.3, 0.4) is 0 Å². The normalized spacial score (nSPS) is 11.7. The number of hydrogen-bond acceptors (Lipinski definition) is 3. The Morgan fingerprint density at radius 2 is 1.81 bits per heavy atom. The predicted molar refractivity (Wildman–Crippen MR) is 83.8 cm³/mol. The van der Waals surface area contributed by atoms with Gasteiger partial charge in [0.25, 0.3) is 0 Å². The van der Waals surface area contributed by atoms with Crippen molar-refractivity contribution in [1.82, 2.24) is 0 Å². The van der Waals surface area contributed by atoms with Gasteiger partial charge in [-0.3, -0.25) is 0 Å². The van der Waals surface area contributed by atoms with Crippen LogP contribution in [0.25, 0.3) is 0 Å². The van der Waals surface area contributed by atoms with E-state index < -0.39 is 0 Å². The molecule has 0 aromatic heterocycles. The molecule has 0 radical (unpaired) electrons. The van der Waals surface area contributed by atoms with E-state index in [-0.39, 0.29) is 5.84 Å². The van der Waals surface area contributed by atoms with E-state index in [1.807, 2.05) is 42.5 Å². The Morgan fingerprint density at radius 3 is 2.52 bits per heavy atom. The van der Waals surface area contributed by atoms with Gasteiger partial charge in [0.15, 0.2) is 5.84 Å². The van der Waals surface area contributed by atoms with E-state index in [1.54, 1.807) is 0 Å². The highest BCUT2D eigenvalue weighted by Crippen LogP contribution is 2.26. The highest BCUT2D eigenvalue weighted by atomic mass is 16.5.